The summed E-state index contributed by atoms with van der Waals surface area (Å²) in [6.07, 6.45) is 1.39. The molecule has 0 unspecified atom stereocenters. The average molecular weight is 142 g/mol. The van der Waals surface area contributed by atoms with Crippen LogP contribution in [0.15, 0.2) is 0 Å². The first-order valence-electron chi connectivity index (χ1n) is 4.30. The van der Waals surface area contributed by atoms with Crippen molar-refractivity contribution < 1.29 is 0 Å². The van der Waals surface area contributed by atoms with E-state index >= 15 is 0 Å². The van der Waals surface area contributed by atoms with Crippen molar-refractivity contribution >= 4 is 0 Å². The molecule has 0 aromatic carbocycles. The van der Waals surface area contributed by atoms with Crippen molar-refractivity contribution in [3.05, 3.63) is 0 Å². The van der Waals surface area contributed by atoms with Gasteiger partial charge in [0.2, 0.25) is 0 Å². The number of piperazine rings is 1. The van der Waals surface area contributed by atoms with Crippen molar-refractivity contribution in [3.63, 3.8) is 0 Å². The van der Waals surface area contributed by atoms with Crippen LogP contribution in [0, 0.1) is 0 Å². The summed E-state index contributed by atoms with van der Waals surface area (Å²) < 4.78 is 0. The second-order valence-electron chi connectivity index (χ2n) is 2.93. The van der Waals surface area contributed by atoms with E-state index in [1.165, 1.54) is 19.5 Å². The molecule has 0 radical (unpaired) electrons. The molecule has 60 valence electrons. The first-order chi connectivity index (χ1) is 4.86. The Balaban J connectivity index is 0.000000231. The van der Waals surface area contributed by atoms with Gasteiger partial charge in [-0.05, 0) is 13.5 Å². The monoisotopic (exact) mass is 142 g/mol. The van der Waals surface area contributed by atoms with E-state index in [0.29, 0.717) is 0 Å². The van der Waals surface area contributed by atoms with Crippen molar-refractivity contribution in [1.29, 1.82) is 0 Å². The zero-order chi connectivity index (χ0) is 7.56. The van der Waals surface area contributed by atoms with E-state index < -0.39 is 0 Å². The fourth-order valence-corrected chi connectivity index (χ4v) is 1.77. The Kier molecular flexibility index (Phi) is 2.69. The highest BCUT2D eigenvalue weighted by Crippen LogP contribution is 2.20. The highest BCUT2D eigenvalue weighted by molar-refractivity contribution is 4.95. The van der Waals surface area contributed by atoms with Gasteiger partial charge in [0.05, 0.1) is 0 Å². The van der Waals surface area contributed by atoms with Gasteiger partial charge in [0.1, 0.15) is 0 Å². The number of hydrogen-bond acceptors (Lipinski definition) is 2. The van der Waals surface area contributed by atoms with Crippen molar-refractivity contribution in [2.24, 2.45) is 0 Å². The van der Waals surface area contributed by atoms with Gasteiger partial charge in [-0.25, -0.2) is 0 Å². The predicted octanol–water partition coefficient (Wildman–Crippen LogP) is 0.688. The maximum absolute atomic E-state index is 3.44. The van der Waals surface area contributed by atoms with E-state index in [4.69, 9.17) is 0 Å². The van der Waals surface area contributed by atoms with Gasteiger partial charge in [0, 0.05) is 25.2 Å². The molecule has 0 aliphatic carbocycles. The zero-order valence-corrected chi connectivity index (χ0v) is 7.22. The van der Waals surface area contributed by atoms with Gasteiger partial charge >= 0.3 is 0 Å². The van der Waals surface area contributed by atoms with Crippen LogP contribution >= 0.6 is 0 Å². The van der Waals surface area contributed by atoms with Crippen LogP contribution in [0.3, 0.4) is 0 Å². The van der Waals surface area contributed by atoms with Gasteiger partial charge in [-0.3, -0.25) is 0 Å². The fourth-order valence-electron chi connectivity index (χ4n) is 1.77. The molecule has 2 aliphatic heterocycles. The summed E-state index contributed by atoms with van der Waals surface area (Å²) in [5.74, 6) is 0. The number of hydrogen-bond donors (Lipinski definition) is 1. The SMILES string of the molecule is CC.CN1C[C@H]2C[C@@H]1CN2. The van der Waals surface area contributed by atoms with Crippen LogP contribution in [-0.4, -0.2) is 37.1 Å². The van der Waals surface area contributed by atoms with E-state index in [0.717, 1.165) is 12.1 Å². The van der Waals surface area contributed by atoms with E-state index in [1.807, 2.05) is 13.8 Å². The topological polar surface area (TPSA) is 15.3 Å². The molecule has 2 heterocycles. The lowest BCUT2D eigenvalue weighted by Gasteiger charge is -2.21. The highest BCUT2D eigenvalue weighted by atomic mass is 15.3. The Morgan fingerprint density at radius 1 is 1.40 bits per heavy atom. The number of nitrogens with one attached hydrogen (secondary N) is 1. The van der Waals surface area contributed by atoms with Gasteiger partial charge < -0.3 is 10.2 Å². The van der Waals surface area contributed by atoms with Crippen molar-refractivity contribution in [1.82, 2.24) is 10.2 Å². The largest absolute Gasteiger partial charge is 0.311 e. The maximum atomic E-state index is 3.44. The summed E-state index contributed by atoms with van der Waals surface area (Å²) in [4.78, 5) is 2.45. The van der Waals surface area contributed by atoms with Crippen LogP contribution in [0.4, 0.5) is 0 Å². The Hall–Kier alpha value is -0.0800. The van der Waals surface area contributed by atoms with Crippen molar-refractivity contribution in [2.45, 2.75) is 32.4 Å². The minimum Gasteiger partial charge on any atom is -0.311 e. The molecule has 2 aliphatic rings. The van der Waals surface area contributed by atoms with Crippen LogP contribution in [0.25, 0.3) is 0 Å². The van der Waals surface area contributed by atoms with Gasteiger partial charge in [-0.15, -0.1) is 0 Å². The number of likely N-dealkylation sites (tertiary alicyclic amines) is 1. The molecule has 2 fully saturated rings. The molecule has 2 heteroatoms. The third-order valence-corrected chi connectivity index (χ3v) is 2.33. The van der Waals surface area contributed by atoms with Crippen LogP contribution in [0.2, 0.25) is 0 Å². The smallest absolute Gasteiger partial charge is 0.0233 e. The zero-order valence-electron chi connectivity index (χ0n) is 7.22. The Morgan fingerprint density at radius 2 is 2.10 bits per heavy atom. The average Bonchev–Trinajstić information content (AvgIpc) is 2.52. The lowest BCUT2D eigenvalue weighted by Crippen LogP contribution is -2.41. The van der Waals surface area contributed by atoms with Crippen molar-refractivity contribution in [2.75, 3.05) is 20.1 Å². The molecule has 2 rings (SSSR count). The van der Waals surface area contributed by atoms with Gasteiger partial charge in [-0.2, -0.15) is 0 Å². The summed E-state index contributed by atoms with van der Waals surface area (Å²) >= 11 is 0. The summed E-state index contributed by atoms with van der Waals surface area (Å²) in [6.45, 7) is 6.49. The molecule has 0 amide bonds. The molecule has 2 bridgehead atoms. The minimum atomic E-state index is 0.824. The van der Waals surface area contributed by atoms with E-state index in [2.05, 4.69) is 17.3 Å². The van der Waals surface area contributed by atoms with Gasteiger partial charge in [-0.1, -0.05) is 13.8 Å². The Labute approximate surface area is 63.6 Å². The molecule has 0 spiro atoms. The van der Waals surface area contributed by atoms with Crippen LogP contribution in [0.5, 0.6) is 0 Å². The fraction of sp³-hybridized carbons (Fsp3) is 1.00. The number of likely N-dealkylation sites (N-methyl/N-ethyl adjacent to an activating group) is 1. The van der Waals surface area contributed by atoms with E-state index in [-0.39, 0.29) is 0 Å². The maximum Gasteiger partial charge on any atom is 0.0233 e. The lowest BCUT2D eigenvalue weighted by molar-refractivity contribution is 0.276. The predicted molar refractivity (Wildman–Crippen MR) is 44.2 cm³/mol. The summed E-state index contributed by atoms with van der Waals surface area (Å²) in [5.41, 5.74) is 0. The number of nitrogens with zero attached hydrogens (tertiary/aromatic N) is 1. The second-order valence-corrected chi connectivity index (χ2v) is 2.93. The molecule has 2 saturated heterocycles. The van der Waals surface area contributed by atoms with E-state index in [1.54, 1.807) is 0 Å². The standard InChI is InChI=1S/C6H12N2.C2H6/c1-8-4-5-2-6(8)3-7-5;1-2/h5-7H,2-4H2,1H3;1-2H3/t5-,6-;/m1./s1. The van der Waals surface area contributed by atoms with Gasteiger partial charge in [0.15, 0.2) is 0 Å². The third-order valence-electron chi connectivity index (χ3n) is 2.33. The number of fused-ring (bicyclic) bond motifs is 2. The Morgan fingerprint density at radius 3 is 2.30 bits per heavy atom. The lowest BCUT2D eigenvalue weighted by atomic mass is 10.2. The molecule has 0 aromatic heterocycles. The molecule has 2 nitrogen and oxygen atoms in total. The molecular formula is C8H18N2. The number of rotatable bonds is 0. The normalized spacial score (nSPS) is 37.5. The van der Waals surface area contributed by atoms with Crippen LogP contribution in [-0.2, 0) is 0 Å². The van der Waals surface area contributed by atoms with Gasteiger partial charge in [0.25, 0.3) is 0 Å². The minimum absolute atomic E-state index is 0.824. The molecule has 2 atom stereocenters. The first kappa shape index (κ1) is 8.02. The molecular weight excluding hydrogens is 124 g/mol. The summed E-state index contributed by atoms with van der Waals surface area (Å²) in [6, 6.07) is 1.69. The molecule has 1 N–H and O–H groups in total. The molecule has 10 heavy (non-hydrogen) atoms. The summed E-state index contributed by atoms with van der Waals surface area (Å²) in [7, 11) is 2.21. The van der Waals surface area contributed by atoms with Crippen LogP contribution in [0.1, 0.15) is 20.3 Å². The highest BCUT2D eigenvalue weighted by Gasteiger charge is 2.34. The first-order valence-corrected chi connectivity index (χ1v) is 4.30. The van der Waals surface area contributed by atoms with E-state index in [9.17, 15) is 0 Å². The van der Waals surface area contributed by atoms with Crippen LogP contribution < -0.4 is 5.32 Å². The second kappa shape index (κ2) is 3.35. The quantitative estimate of drug-likeness (QED) is 0.535. The van der Waals surface area contributed by atoms with Crippen molar-refractivity contribution in [3.8, 4) is 0 Å². The molecule has 0 aromatic rings. The summed E-state index contributed by atoms with van der Waals surface area (Å²) in [5, 5.41) is 3.44. The molecule has 0 saturated carbocycles. The Bertz CT molecular complexity index is 101. The third kappa shape index (κ3) is 1.32.